The van der Waals surface area contributed by atoms with Crippen LogP contribution in [0, 0.1) is 5.92 Å². The normalized spacial score (nSPS) is 21.1. The minimum absolute atomic E-state index is 0.0461. The number of fused-ring (bicyclic) bond motifs is 13. The summed E-state index contributed by atoms with van der Waals surface area (Å²) in [5.74, 6) is -1.10. The summed E-state index contributed by atoms with van der Waals surface area (Å²) in [6.07, 6.45) is 2.80. The molecule has 0 radical (unpaired) electrons. The fraction of sp³-hybridized carbons (Fsp3) is 0.667. The molecule has 0 aromatic heterocycles. The number of nitrogens with two attached hydrogens (primary N) is 1. The average molecular weight is 529 g/mol. The highest BCUT2D eigenvalue weighted by Gasteiger charge is 2.30. The summed E-state index contributed by atoms with van der Waals surface area (Å²) < 4.78 is 41.8. The van der Waals surface area contributed by atoms with E-state index in [1.54, 1.807) is 24.3 Å². The Kier molecular flexibility index (Phi) is 12.6. The number of hydrogen-bond donors (Lipinski definition) is 5. The van der Waals surface area contributed by atoms with Crippen molar-refractivity contribution in [3.63, 3.8) is 0 Å². The zero-order valence-electron chi connectivity index (χ0n) is 21.1. The molecular weight excluding hydrogens is 488 g/mol. The maximum Gasteiger partial charge on any atom is 0.321 e. The van der Waals surface area contributed by atoms with E-state index in [4.69, 9.17) is 15.2 Å². The second-order valence-electron chi connectivity index (χ2n) is 9.30. The number of carbonyl (C=O) groups excluding carboxylic acids is 1. The minimum Gasteiger partial charge on any atom is -0.494 e. The van der Waals surface area contributed by atoms with Gasteiger partial charge in [-0.1, -0.05) is 32.4 Å². The van der Waals surface area contributed by atoms with Crippen LogP contribution in [0.25, 0.3) is 0 Å². The van der Waals surface area contributed by atoms with E-state index in [1.807, 2.05) is 13.8 Å². The van der Waals surface area contributed by atoms with E-state index in [2.05, 4.69) is 14.8 Å². The summed E-state index contributed by atoms with van der Waals surface area (Å²) in [6.45, 7) is 5.62. The van der Waals surface area contributed by atoms with Gasteiger partial charge in [-0.3, -0.25) is 9.59 Å². The van der Waals surface area contributed by atoms with Crippen LogP contribution >= 0.6 is 0 Å². The standard InChI is InChI=1S/C24H40N4O7S/c1-17(2)22-16-34-13-5-6-14-35-19-10-8-18(9-11-19)15-21(23(29)26-22)28-36(32,33)27-20(24(30)31)7-3-4-12-25/h8-11,17,20-22,27-28H,3-7,12-16,25H2,1-2H3,(H,26,29)(H,30,31)/t20?,21-,22+/m0/s1. The van der Waals surface area contributed by atoms with Gasteiger partial charge in [0.15, 0.2) is 0 Å². The summed E-state index contributed by atoms with van der Waals surface area (Å²) in [6, 6.07) is 4.26. The molecule has 0 fully saturated rings. The van der Waals surface area contributed by atoms with Crippen molar-refractivity contribution in [2.75, 3.05) is 26.4 Å². The van der Waals surface area contributed by atoms with Crippen molar-refractivity contribution < 1.29 is 32.6 Å². The highest BCUT2D eigenvalue weighted by atomic mass is 32.2. The number of benzene rings is 1. The Morgan fingerprint density at radius 2 is 1.89 bits per heavy atom. The van der Waals surface area contributed by atoms with Crippen molar-refractivity contribution in [2.24, 2.45) is 11.7 Å². The van der Waals surface area contributed by atoms with Gasteiger partial charge in [-0.25, -0.2) is 0 Å². The predicted molar refractivity (Wildman–Crippen MR) is 136 cm³/mol. The van der Waals surface area contributed by atoms with Gasteiger partial charge in [-0.15, -0.1) is 0 Å². The third kappa shape index (κ3) is 10.8. The van der Waals surface area contributed by atoms with Crippen LogP contribution < -0.4 is 25.2 Å². The van der Waals surface area contributed by atoms with Crippen molar-refractivity contribution >= 4 is 22.1 Å². The maximum atomic E-state index is 13.3. The van der Waals surface area contributed by atoms with E-state index in [9.17, 15) is 23.1 Å². The highest BCUT2D eigenvalue weighted by Crippen LogP contribution is 2.15. The number of hydrogen-bond acceptors (Lipinski definition) is 7. The summed E-state index contributed by atoms with van der Waals surface area (Å²) in [5, 5.41) is 12.4. The maximum absolute atomic E-state index is 13.3. The van der Waals surface area contributed by atoms with Crippen molar-refractivity contribution in [1.82, 2.24) is 14.8 Å². The van der Waals surface area contributed by atoms with E-state index in [0.717, 1.165) is 12.8 Å². The Bertz CT molecular complexity index is 925. The van der Waals surface area contributed by atoms with Gasteiger partial charge in [-0.2, -0.15) is 17.9 Å². The summed E-state index contributed by atoms with van der Waals surface area (Å²) in [7, 11) is -4.34. The minimum atomic E-state index is -4.34. The average Bonchev–Trinajstić information content (AvgIpc) is 2.81. The Hall–Kier alpha value is -2.25. The number of nitrogens with one attached hydrogen (secondary N) is 3. The van der Waals surface area contributed by atoms with Crippen LogP contribution in [0.5, 0.6) is 5.75 Å². The quantitative estimate of drug-likeness (QED) is 0.279. The Labute approximate surface area is 213 Å². The second kappa shape index (κ2) is 15.1. The topological polar surface area (TPSA) is 169 Å². The molecule has 3 atom stereocenters. The molecule has 2 aliphatic rings. The van der Waals surface area contributed by atoms with Crippen LogP contribution in [-0.2, 0) is 31.0 Å². The summed E-state index contributed by atoms with van der Waals surface area (Å²) in [5.41, 5.74) is 6.17. The van der Waals surface area contributed by atoms with Crippen LogP contribution in [0.2, 0.25) is 0 Å². The third-order valence-electron chi connectivity index (χ3n) is 5.90. The smallest absolute Gasteiger partial charge is 0.321 e. The molecule has 1 aromatic rings. The highest BCUT2D eigenvalue weighted by molar-refractivity contribution is 7.87. The molecule has 1 aromatic carbocycles. The lowest BCUT2D eigenvalue weighted by atomic mass is 10.0. The zero-order chi connectivity index (χ0) is 26.6. The van der Waals surface area contributed by atoms with Crippen LogP contribution in [0.15, 0.2) is 24.3 Å². The molecule has 2 heterocycles. The van der Waals surface area contributed by atoms with Crippen molar-refractivity contribution in [2.45, 2.75) is 70.5 Å². The molecule has 6 N–H and O–H groups in total. The fourth-order valence-corrected chi connectivity index (χ4v) is 4.90. The number of unbranched alkanes of at least 4 members (excludes halogenated alkanes) is 1. The fourth-order valence-electron chi connectivity index (χ4n) is 3.67. The van der Waals surface area contributed by atoms with E-state index in [1.165, 1.54) is 0 Å². The third-order valence-corrected chi connectivity index (χ3v) is 7.09. The molecule has 0 saturated heterocycles. The molecule has 11 nitrogen and oxygen atoms in total. The lowest BCUT2D eigenvalue weighted by Gasteiger charge is -2.26. The molecule has 0 aliphatic carbocycles. The molecule has 36 heavy (non-hydrogen) atoms. The number of rotatable bonds is 10. The molecule has 3 rings (SSSR count). The Morgan fingerprint density at radius 1 is 1.19 bits per heavy atom. The molecule has 0 saturated carbocycles. The van der Waals surface area contributed by atoms with Gasteiger partial charge in [0.2, 0.25) is 5.91 Å². The molecule has 0 spiro atoms. The molecule has 2 aliphatic heterocycles. The van der Waals surface area contributed by atoms with Crippen molar-refractivity contribution in [3.05, 3.63) is 29.8 Å². The zero-order valence-corrected chi connectivity index (χ0v) is 21.9. The SMILES string of the molecule is CC(C)[C@H]1COCCCCOc2ccc(cc2)C[C@H](NS(=O)(=O)NC(CCCCN)C(=O)O)C(=O)N1. The number of ether oxygens (including phenoxy) is 2. The lowest BCUT2D eigenvalue weighted by Crippen LogP contribution is -2.56. The first kappa shape index (κ1) is 30.0. The summed E-state index contributed by atoms with van der Waals surface area (Å²) >= 11 is 0. The van der Waals surface area contributed by atoms with Crippen LogP contribution in [0.3, 0.4) is 0 Å². The number of aliphatic carboxylic acids is 1. The first-order chi connectivity index (χ1) is 17.1. The van der Waals surface area contributed by atoms with E-state index < -0.39 is 34.2 Å². The monoisotopic (exact) mass is 528 g/mol. The van der Waals surface area contributed by atoms with Crippen LogP contribution in [-0.4, -0.2) is 69.9 Å². The van der Waals surface area contributed by atoms with Gasteiger partial charge in [0.25, 0.3) is 10.2 Å². The van der Waals surface area contributed by atoms with Gasteiger partial charge < -0.3 is 25.6 Å². The second-order valence-corrected chi connectivity index (χ2v) is 10.8. The van der Waals surface area contributed by atoms with Crippen molar-refractivity contribution in [3.8, 4) is 5.75 Å². The largest absolute Gasteiger partial charge is 0.494 e. The van der Waals surface area contributed by atoms with Crippen LogP contribution in [0.1, 0.15) is 51.5 Å². The molecular formula is C24H40N4O7S. The summed E-state index contributed by atoms with van der Waals surface area (Å²) in [4.78, 5) is 24.9. The Morgan fingerprint density at radius 3 is 2.53 bits per heavy atom. The van der Waals surface area contributed by atoms with E-state index >= 15 is 0 Å². The van der Waals surface area contributed by atoms with Crippen LogP contribution in [0.4, 0.5) is 0 Å². The van der Waals surface area contributed by atoms with Gasteiger partial charge in [0, 0.05) is 6.61 Å². The first-order valence-electron chi connectivity index (χ1n) is 12.4. The van der Waals surface area contributed by atoms with Gasteiger partial charge >= 0.3 is 5.97 Å². The molecule has 12 heteroatoms. The van der Waals surface area contributed by atoms with Gasteiger partial charge in [-0.05, 0) is 62.3 Å². The number of carbonyl (C=O) groups is 2. The van der Waals surface area contributed by atoms with E-state index in [-0.39, 0.29) is 31.4 Å². The number of carboxylic acids is 1. The molecule has 1 amide bonds. The first-order valence-corrected chi connectivity index (χ1v) is 13.9. The predicted octanol–water partition coefficient (Wildman–Crippen LogP) is 0.934. The van der Waals surface area contributed by atoms with E-state index in [0.29, 0.717) is 43.9 Å². The molecule has 204 valence electrons. The van der Waals surface area contributed by atoms with Gasteiger partial charge in [0.1, 0.15) is 17.8 Å². The number of carboxylic acid groups (broad SMARTS) is 1. The van der Waals surface area contributed by atoms with Gasteiger partial charge in [0.05, 0.1) is 19.3 Å². The Balaban J connectivity index is 2.25. The molecule has 2 bridgehead atoms. The van der Waals surface area contributed by atoms with Crippen molar-refractivity contribution in [1.29, 1.82) is 0 Å². The number of amides is 1. The lowest BCUT2D eigenvalue weighted by molar-refractivity contribution is -0.139. The molecule has 1 unspecified atom stereocenters.